The first-order valence-electron chi connectivity index (χ1n) is 7.92. The van der Waals surface area contributed by atoms with Crippen LogP contribution in [0.2, 0.25) is 0 Å². The molecule has 4 nitrogen and oxygen atoms in total. The summed E-state index contributed by atoms with van der Waals surface area (Å²) in [5, 5.41) is 8.84. The van der Waals surface area contributed by atoms with Crippen molar-refractivity contribution in [2.75, 3.05) is 39.1 Å². The van der Waals surface area contributed by atoms with Crippen LogP contribution in [0.5, 0.6) is 0 Å². The number of rotatable bonds is 7. The van der Waals surface area contributed by atoms with Crippen LogP contribution in [0, 0.1) is 0 Å². The molecule has 0 aliphatic heterocycles. The number of hydrogen-bond donors (Lipinski definition) is 2. The number of nitrogens with zero attached hydrogens (tertiary/aromatic N) is 2. The van der Waals surface area contributed by atoms with E-state index in [0.717, 1.165) is 31.9 Å². The van der Waals surface area contributed by atoms with E-state index >= 15 is 0 Å². The molecule has 5 heteroatoms. The first-order valence-corrected chi connectivity index (χ1v) is 8.80. The van der Waals surface area contributed by atoms with E-state index in [1.54, 1.807) is 11.3 Å². The van der Waals surface area contributed by atoms with E-state index in [9.17, 15) is 0 Å². The average Bonchev–Trinajstić information content (AvgIpc) is 3.07. The molecule has 0 saturated carbocycles. The summed E-state index contributed by atoms with van der Waals surface area (Å²) >= 11 is 1.80. The Bertz CT molecular complexity index is 588. The number of guanidine groups is 1. The summed E-state index contributed by atoms with van der Waals surface area (Å²) in [6.45, 7) is 1.78. The normalized spacial score (nSPS) is 11.3. The molecule has 1 aromatic carbocycles. The Morgan fingerprint density at radius 1 is 1.04 bits per heavy atom. The van der Waals surface area contributed by atoms with Gasteiger partial charge in [0.1, 0.15) is 0 Å². The van der Waals surface area contributed by atoms with Crippen LogP contribution in [0.3, 0.4) is 0 Å². The first-order chi connectivity index (χ1) is 11.2. The summed E-state index contributed by atoms with van der Waals surface area (Å²) in [6.07, 6.45) is 2.02. The van der Waals surface area contributed by atoms with Crippen molar-refractivity contribution in [3.05, 3.63) is 52.2 Å². The van der Waals surface area contributed by atoms with E-state index in [1.165, 1.54) is 16.1 Å². The van der Waals surface area contributed by atoms with Crippen LogP contribution in [0.25, 0.3) is 0 Å². The van der Waals surface area contributed by atoms with Gasteiger partial charge in [-0.3, -0.25) is 4.99 Å². The van der Waals surface area contributed by atoms with E-state index in [4.69, 9.17) is 0 Å². The second-order valence-electron chi connectivity index (χ2n) is 5.57. The van der Waals surface area contributed by atoms with Crippen molar-refractivity contribution in [3.63, 3.8) is 0 Å². The van der Waals surface area contributed by atoms with E-state index in [2.05, 4.69) is 76.4 Å². The van der Waals surface area contributed by atoms with Crippen molar-refractivity contribution >= 4 is 23.0 Å². The predicted octanol–water partition coefficient (Wildman–Crippen LogP) is 2.76. The number of benzene rings is 1. The van der Waals surface area contributed by atoms with Crippen molar-refractivity contribution in [3.8, 4) is 0 Å². The lowest BCUT2D eigenvalue weighted by molar-refractivity contribution is 0.788. The second kappa shape index (κ2) is 9.20. The van der Waals surface area contributed by atoms with Crippen LogP contribution in [0.4, 0.5) is 5.69 Å². The minimum Gasteiger partial charge on any atom is -0.378 e. The maximum Gasteiger partial charge on any atom is 0.190 e. The van der Waals surface area contributed by atoms with Gasteiger partial charge in [0.2, 0.25) is 0 Å². The van der Waals surface area contributed by atoms with Crippen LogP contribution in [0.15, 0.2) is 46.8 Å². The maximum absolute atomic E-state index is 4.27. The topological polar surface area (TPSA) is 39.7 Å². The van der Waals surface area contributed by atoms with Gasteiger partial charge in [0.15, 0.2) is 5.96 Å². The van der Waals surface area contributed by atoms with Gasteiger partial charge in [-0.25, -0.2) is 0 Å². The molecule has 124 valence electrons. The molecule has 1 heterocycles. The number of hydrogen-bond acceptors (Lipinski definition) is 3. The zero-order chi connectivity index (χ0) is 16.5. The minimum absolute atomic E-state index is 0.867. The van der Waals surface area contributed by atoms with Crippen LogP contribution in [0.1, 0.15) is 10.4 Å². The van der Waals surface area contributed by atoms with Crippen molar-refractivity contribution < 1.29 is 0 Å². The summed E-state index contributed by atoms with van der Waals surface area (Å²) in [5.41, 5.74) is 2.56. The first kappa shape index (κ1) is 17.3. The van der Waals surface area contributed by atoms with E-state index in [1.807, 2.05) is 7.05 Å². The highest BCUT2D eigenvalue weighted by atomic mass is 32.1. The van der Waals surface area contributed by atoms with Crippen LogP contribution in [-0.2, 0) is 12.8 Å². The molecule has 0 unspecified atom stereocenters. The van der Waals surface area contributed by atoms with Gasteiger partial charge in [0, 0.05) is 44.8 Å². The zero-order valence-corrected chi connectivity index (χ0v) is 15.0. The van der Waals surface area contributed by atoms with Crippen LogP contribution >= 0.6 is 11.3 Å². The molecule has 1 aromatic heterocycles. The van der Waals surface area contributed by atoms with E-state index < -0.39 is 0 Å². The van der Waals surface area contributed by atoms with Crippen molar-refractivity contribution in [2.45, 2.75) is 12.8 Å². The molecule has 0 atom stereocenters. The second-order valence-corrected chi connectivity index (χ2v) is 6.60. The van der Waals surface area contributed by atoms with Crippen molar-refractivity contribution in [1.82, 2.24) is 10.6 Å². The zero-order valence-electron chi connectivity index (χ0n) is 14.2. The molecule has 2 aromatic rings. The predicted molar refractivity (Wildman–Crippen MR) is 102 cm³/mol. The van der Waals surface area contributed by atoms with E-state index in [0.29, 0.717) is 0 Å². The number of anilines is 1. The summed E-state index contributed by atoms with van der Waals surface area (Å²) in [5.74, 6) is 0.867. The lowest BCUT2D eigenvalue weighted by atomic mass is 10.1. The Balaban J connectivity index is 1.68. The fraction of sp³-hybridized carbons (Fsp3) is 0.389. The molecule has 0 bridgehead atoms. The summed E-state index contributed by atoms with van der Waals surface area (Å²) in [6, 6.07) is 12.9. The molecule has 0 aliphatic carbocycles. The molecule has 0 radical (unpaired) electrons. The Labute approximate surface area is 143 Å². The fourth-order valence-electron chi connectivity index (χ4n) is 2.27. The molecule has 23 heavy (non-hydrogen) atoms. The largest absolute Gasteiger partial charge is 0.378 e. The quantitative estimate of drug-likeness (QED) is 0.606. The third kappa shape index (κ3) is 5.94. The summed E-state index contributed by atoms with van der Waals surface area (Å²) in [4.78, 5) is 7.78. The monoisotopic (exact) mass is 330 g/mol. The Kier molecular flexibility index (Phi) is 6.94. The highest BCUT2D eigenvalue weighted by molar-refractivity contribution is 7.09. The number of thiophene rings is 1. The molecule has 2 N–H and O–H groups in total. The van der Waals surface area contributed by atoms with Gasteiger partial charge >= 0.3 is 0 Å². The summed E-state index contributed by atoms with van der Waals surface area (Å²) in [7, 11) is 5.93. The van der Waals surface area contributed by atoms with Crippen molar-refractivity contribution in [1.29, 1.82) is 0 Å². The van der Waals surface area contributed by atoms with Gasteiger partial charge in [-0.05, 0) is 42.0 Å². The van der Waals surface area contributed by atoms with Gasteiger partial charge in [-0.15, -0.1) is 11.3 Å². The van der Waals surface area contributed by atoms with E-state index in [-0.39, 0.29) is 0 Å². The molecule has 0 fully saturated rings. The van der Waals surface area contributed by atoms with Crippen molar-refractivity contribution in [2.24, 2.45) is 4.99 Å². The smallest absolute Gasteiger partial charge is 0.190 e. The van der Waals surface area contributed by atoms with Gasteiger partial charge < -0.3 is 15.5 Å². The fourth-order valence-corrected chi connectivity index (χ4v) is 2.97. The highest BCUT2D eigenvalue weighted by Gasteiger charge is 2.00. The molecule has 0 saturated heterocycles. The van der Waals surface area contributed by atoms with Crippen LogP contribution in [-0.4, -0.2) is 40.2 Å². The van der Waals surface area contributed by atoms with Crippen LogP contribution < -0.4 is 15.5 Å². The molecule has 0 amide bonds. The van der Waals surface area contributed by atoms with Gasteiger partial charge in [0.25, 0.3) is 0 Å². The Morgan fingerprint density at radius 3 is 2.30 bits per heavy atom. The van der Waals surface area contributed by atoms with Gasteiger partial charge in [-0.2, -0.15) is 0 Å². The third-order valence-electron chi connectivity index (χ3n) is 3.63. The molecule has 2 rings (SSSR count). The number of aliphatic imine (C=N–C) groups is 1. The Hall–Kier alpha value is -2.01. The molecular formula is C18H26N4S. The number of nitrogens with one attached hydrogen (secondary N) is 2. The lowest BCUT2D eigenvalue weighted by Gasteiger charge is -2.14. The molecular weight excluding hydrogens is 304 g/mol. The van der Waals surface area contributed by atoms with Gasteiger partial charge in [0.05, 0.1) is 0 Å². The molecule has 0 spiro atoms. The molecule has 0 aliphatic rings. The lowest BCUT2D eigenvalue weighted by Crippen LogP contribution is -2.39. The summed E-state index contributed by atoms with van der Waals surface area (Å²) < 4.78 is 0. The highest BCUT2D eigenvalue weighted by Crippen LogP contribution is 2.12. The Morgan fingerprint density at radius 2 is 1.74 bits per heavy atom. The van der Waals surface area contributed by atoms with Gasteiger partial charge in [-0.1, -0.05) is 18.2 Å². The average molecular weight is 331 g/mol. The third-order valence-corrected chi connectivity index (χ3v) is 4.56. The SMILES string of the molecule is CN=C(NCCc1ccc(N(C)C)cc1)NCCc1cccs1. The standard InChI is InChI=1S/C18H26N4S/c1-19-18(21-13-11-17-5-4-14-23-17)20-12-10-15-6-8-16(9-7-15)22(2)3/h4-9,14H,10-13H2,1-3H3,(H2,19,20,21). The minimum atomic E-state index is 0.867. The maximum atomic E-state index is 4.27.